The molecule has 0 aliphatic rings. The maximum absolute atomic E-state index is 11.2. The molecule has 18 heavy (non-hydrogen) atoms. The Morgan fingerprint density at radius 2 is 1.89 bits per heavy atom. The van der Waals surface area contributed by atoms with Gasteiger partial charge in [-0.05, 0) is 13.8 Å². The molecule has 96 valence electrons. The summed E-state index contributed by atoms with van der Waals surface area (Å²) in [6, 6.07) is 4.24. The Balaban J connectivity index is 2.72. The van der Waals surface area contributed by atoms with E-state index in [-0.39, 0.29) is 11.3 Å². The molecule has 0 radical (unpaired) electrons. The van der Waals surface area contributed by atoms with Crippen LogP contribution in [0.25, 0.3) is 11.0 Å². The van der Waals surface area contributed by atoms with Gasteiger partial charge in [-0.2, -0.15) is 0 Å². The molecule has 0 amide bonds. The molecule has 1 aromatic heterocycles. The van der Waals surface area contributed by atoms with Gasteiger partial charge in [-0.1, -0.05) is 0 Å². The van der Waals surface area contributed by atoms with Crippen molar-refractivity contribution in [2.45, 2.75) is 13.8 Å². The van der Waals surface area contributed by atoms with Gasteiger partial charge in [0.25, 0.3) is 0 Å². The van der Waals surface area contributed by atoms with Crippen LogP contribution in [0.5, 0.6) is 17.2 Å². The van der Waals surface area contributed by atoms with E-state index in [2.05, 4.69) is 0 Å². The van der Waals surface area contributed by atoms with Crippen LogP contribution in [-0.2, 0) is 0 Å². The Morgan fingerprint density at radius 1 is 1.17 bits per heavy atom. The lowest BCUT2D eigenvalue weighted by Gasteiger charge is -2.10. The van der Waals surface area contributed by atoms with E-state index in [1.165, 1.54) is 0 Å². The zero-order valence-corrected chi connectivity index (χ0v) is 10.2. The van der Waals surface area contributed by atoms with Crippen molar-refractivity contribution < 1.29 is 19.0 Å². The number of ether oxygens (including phenoxy) is 2. The molecular formula is C13H14O5. The number of fused-ring (bicyclic) bond motifs is 1. The number of benzene rings is 1. The molecule has 1 heterocycles. The average molecular weight is 250 g/mol. The van der Waals surface area contributed by atoms with E-state index in [9.17, 15) is 9.90 Å². The summed E-state index contributed by atoms with van der Waals surface area (Å²) in [6.07, 6.45) is 0. The van der Waals surface area contributed by atoms with Crippen molar-refractivity contribution in [1.82, 2.24) is 0 Å². The lowest BCUT2D eigenvalue weighted by molar-refractivity contribution is 0.324. The van der Waals surface area contributed by atoms with Crippen LogP contribution in [0, 0.1) is 0 Å². The molecule has 0 bridgehead atoms. The summed E-state index contributed by atoms with van der Waals surface area (Å²) in [6.45, 7) is 4.60. The molecule has 2 aromatic rings. The van der Waals surface area contributed by atoms with Gasteiger partial charge in [0, 0.05) is 12.1 Å². The predicted octanol–water partition coefficient (Wildman–Crippen LogP) is 2.30. The van der Waals surface area contributed by atoms with Crippen LogP contribution in [-0.4, -0.2) is 18.3 Å². The first-order valence-corrected chi connectivity index (χ1v) is 5.72. The van der Waals surface area contributed by atoms with E-state index in [0.29, 0.717) is 30.1 Å². The van der Waals surface area contributed by atoms with E-state index in [1.807, 2.05) is 13.8 Å². The summed E-state index contributed by atoms with van der Waals surface area (Å²) in [4.78, 5) is 11.2. The molecule has 1 aromatic carbocycles. The van der Waals surface area contributed by atoms with Gasteiger partial charge in [0.05, 0.1) is 19.3 Å². The van der Waals surface area contributed by atoms with Crippen molar-refractivity contribution >= 4 is 11.0 Å². The predicted molar refractivity (Wildman–Crippen MR) is 66.5 cm³/mol. The third kappa shape index (κ3) is 2.25. The zero-order valence-electron chi connectivity index (χ0n) is 10.2. The van der Waals surface area contributed by atoms with Gasteiger partial charge in [-0.3, -0.25) is 0 Å². The molecular weight excluding hydrogens is 236 g/mol. The molecule has 0 aliphatic carbocycles. The molecule has 0 aliphatic heterocycles. The van der Waals surface area contributed by atoms with Gasteiger partial charge in [0.2, 0.25) is 0 Å². The zero-order chi connectivity index (χ0) is 13.1. The highest BCUT2D eigenvalue weighted by molar-refractivity contribution is 5.90. The van der Waals surface area contributed by atoms with Crippen LogP contribution in [0.15, 0.2) is 27.4 Å². The van der Waals surface area contributed by atoms with E-state index in [4.69, 9.17) is 13.9 Å². The first-order valence-electron chi connectivity index (χ1n) is 5.72. The second-order valence-electron chi connectivity index (χ2n) is 3.61. The molecule has 5 nitrogen and oxygen atoms in total. The summed E-state index contributed by atoms with van der Waals surface area (Å²) in [5.74, 6) is 0.801. The SMILES string of the molecule is CCOc1cc(OCC)c2c(O)cc(=O)oc2c1. The van der Waals surface area contributed by atoms with Crippen molar-refractivity contribution in [2.24, 2.45) is 0 Å². The monoisotopic (exact) mass is 250 g/mol. The highest BCUT2D eigenvalue weighted by Gasteiger charge is 2.13. The van der Waals surface area contributed by atoms with Crippen molar-refractivity contribution in [3.8, 4) is 17.2 Å². The Kier molecular flexibility index (Phi) is 3.41. The Morgan fingerprint density at radius 3 is 2.56 bits per heavy atom. The Hall–Kier alpha value is -2.17. The Labute approximate surface area is 104 Å². The molecule has 0 fully saturated rings. The fourth-order valence-corrected chi connectivity index (χ4v) is 1.74. The van der Waals surface area contributed by atoms with Crippen molar-refractivity contribution in [2.75, 3.05) is 13.2 Å². The third-order valence-corrected chi connectivity index (χ3v) is 2.37. The lowest BCUT2D eigenvalue weighted by atomic mass is 10.2. The third-order valence-electron chi connectivity index (χ3n) is 2.37. The van der Waals surface area contributed by atoms with E-state index >= 15 is 0 Å². The van der Waals surface area contributed by atoms with E-state index in [0.717, 1.165) is 6.07 Å². The topological polar surface area (TPSA) is 68.9 Å². The van der Waals surface area contributed by atoms with Crippen molar-refractivity contribution in [3.63, 3.8) is 0 Å². The summed E-state index contributed by atoms with van der Waals surface area (Å²) in [5.41, 5.74) is -0.370. The van der Waals surface area contributed by atoms with Gasteiger partial charge in [-0.15, -0.1) is 0 Å². The van der Waals surface area contributed by atoms with Crippen molar-refractivity contribution in [3.05, 3.63) is 28.6 Å². The first kappa shape index (κ1) is 12.3. The standard InChI is InChI=1S/C13H14O5/c1-3-16-8-5-10(17-4-2)13-9(14)7-12(15)18-11(13)6-8/h5-7,14H,3-4H2,1-2H3. The normalized spacial score (nSPS) is 10.6. The summed E-state index contributed by atoms with van der Waals surface area (Å²) < 4.78 is 15.8. The molecule has 5 heteroatoms. The molecule has 2 rings (SSSR count). The smallest absolute Gasteiger partial charge is 0.339 e. The maximum atomic E-state index is 11.2. The lowest BCUT2D eigenvalue weighted by Crippen LogP contribution is -2.00. The highest BCUT2D eigenvalue weighted by atomic mass is 16.5. The number of hydrogen-bond donors (Lipinski definition) is 1. The van der Waals surface area contributed by atoms with Crippen LogP contribution in [0.1, 0.15) is 13.8 Å². The Bertz CT molecular complexity index is 615. The van der Waals surface area contributed by atoms with Crippen LogP contribution < -0.4 is 15.1 Å². The minimum Gasteiger partial charge on any atom is -0.507 e. The van der Waals surface area contributed by atoms with Gasteiger partial charge in [0.1, 0.15) is 28.2 Å². The van der Waals surface area contributed by atoms with Crippen LogP contribution in [0.3, 0.4) is 0 Å². The van der Waals surface area contributed by atoms with Gasteiger partial charge >= 0.3 is 5.63 Å². The minimum atomic E-state index is -0.615. The average Bonchev–Trinajstić information content (AvgIpc) is 2.28. The highest BCUT2D eigenvalue weighted by Crippen LogP contribution is 2.35. The second kappa shape index (κ2) is 5.00. The van der Waals surface area contributed by atoms with Crippen LogP contribution in [0.4, 0.5) is 0 Å². The largest absolute Gasteiger partial charge is 0.507 e. The summed E-state index contributed by atoms with van der Waals surface area (Å²) in [7, 11) is 0. The van der Waals surface area contributed by atoms with E-state index in [1.54, 1.807) is 12.1 Å². The summed E-state index contributed by atoms with van der Waals surface area (Å²) >= 11 is 0. The fourth-order valence-electron chi connectivity index (χ4n) is 1.74. The van der Waals surface area contributed by atoms with Crippen LogP contribution >= 0.6 is 0 Å². The maximum Gasteiger partial charge on any atom is 0.339 e. The molecule has 0 saturated heterocycles. The van der Waals surface area contributed by atoms with Gasteiger partial charge in [0.15, 0.2) is 0 Å². The molecule has 0 unspecified atom stereocenters. The minimum absolute atomic E-state index is 0.159. The van der Waals surface area contributed by atoms with Gasteiger partial charge < -0.3 is 19.0 Å². The number of aromatic hydroxyl groups is 1. The first-order chi connectivity index (χ1) is 8.65. The fraction of sp³-hybridized carbons (Fsp3) is 0.308. The van der Waals surface area contributed by atoms with Gasteiger partial charge in [-0.25, -0.2) is 4.79 Å². The molecule has 0 saturated carbocycles. The summed E-state index contributed by atoms with van der Waals surface area (Å²) in [5, 5.41) is 10.2. The second-order valence-corrected chi connectivity index (χ2v) is 3.61. The van der Waals surface area contributed by atoms with Crippen molar-refractivity contribution in [1.29, 1.82) is 0 Å². The molecule has 0 spiro atoms. The number of rotatable bonds is 4. The molecule has 1 N–H and O–H groups in total. The number of hydrogen-bond acceptors (Lipinski definition) is 5. The molecule has 0 atom stereocenters. The van der Waals surface area contributed by atoms with Crippen LogP contribution in [0.2, 0.25) is 0 Å². The van der Waals surface area contributed by atoms with E-state index < -0.39 is 5.63 Å². The quantitative estimate of drug-likeness (QED) is 0.843.